The van der Waals surface area contributed by atoms with Gasteiger partial charge in [-0.15, -0.1) is 0 Å². The Morgan fingerprint density at radius 3 is 2.75 bits per heavy atom. The van der Waals surface area contributed by atoms with Crippen molar-refractivity contribution < 1.29 is 4.79 Å². The molecule has 1 aromatic rings. The fraction of sp³-hybridized carbons (Fsp3) is 0.556. The van der Waals surface area contributed by atoms with Crippen LogP contribution in [0.3, 0.4) is 0 Å². The van der Waals surface area contributed by atoms with E-state index in [-0.39, 0.29) is 6.04 Å². The Balaban J connectivity index is 2.85. The van der Waals surface area contributed by atoms with Crippen LogP contribution in [0.4, 0.5) is 0 Å². The smallest absolute Gasteiger partial charge is 0.122 e. The predicted octanol–water partition coefficient (Wildman–Crippen LogP) is 1.65. The van der Waals surface area contributed by atoms with Gasteiger partial charge in [-0.25, -0.2) is 0 Å². The zero-order valence-electron chi connectivity index (χ0n) is 7.74. The van der Waals surface area contributed by atoms with E-state index in [0.717, 1.165) is 17.7 Å². The zero-order chi connectivity index (χ0) is 9.14. The van der Waals surface area contributed by atoms with E-state index in [4.69, 9.17) is 0 Å². The first-order valence-electron chi connectivity index (χ1n) is 4.11. The molecule has 0 aliphatic heterocycles. The normalized spacial score (nSPS) is 12.9. The molecule has 0 saturated carbocycles. The lowest BCUT2D eigenvalue weighted by atomic mass is 10.2. The molecule has 0 aromatic carbocycles. The first kappa shape index (κ1) is 8.97. The zero-order valence-corrected chi connectivity index (χ0v) is 7.74. The number of nitrogens with zero attached hydrogens (tertiary/aromatic N) is 2. The summed E-state index contributed by atoms with van der Waals surface area (Å²) < 4.78 is 1.89. The van der Waals surface area contributed by atoms with Gasteiger partial charge >= 0.3 is 0 Å². The first-order valence-corrected chi connectivity index (χ1v) is 4.11. The van der Waals surface area contributed by atoms with E-state index in [2.05, 4.69) is 5.10 Å². The third-order valence-electron chi connectivity index (χ3n) is 1.90. The Morgan fingerprint density at radius 1 is 1.67 bits per heavy atom. The van der Waals surface area contributed by atoms with Crippen LogP contribution in [0, 0.1) is 13.8 Å². The monoisotopic (exact) mass is 166 g/mol. The van der Waals surface area contributed by atoms with Crippen LogP contribution in [0.5, 0.6) is 0 Å². The first-order chi connectivity index (χ1) is 5.65. The summed E-state index contributed by atoms with van der Waals surface area (Å²) in [5.41, 5.74) is 2.12. The number of carbonyl (C=O) groups is 1. The van der Waals surface area contributed by atoms with Crippen molar-refractivity contribution in [2.45, 2.75) is 33.2 Å². The second-order valence-corrected chi connectivity index (χ2v) is 3.12. The van der Waals surface area contributed by atoms with Gasteiger partial charge in [-0.1, -0.05) is 0 Å². The SMILES string of the molecule is Cc1cc(C)n(C(C)CC=O)n1. The molecule has 0 aliphatic carbocycles. The molecule has 1 atom stereocenters. The summed E-state index contributed by atoms with van der Waals surface area (Å²) in [4.78, 5) is 10.3. The predicted molar refractivity (Wildman–Crippen MR) is 47.1 cm³/mol. The molecule has 1 heterocycles. The van der Waals surface area contributed by atoms with Crippen molar-refractivity contribution >= 4 is 6.29 Å². The fourth-order valence-corrected chi connectivity index (χ4v) is 1.33. The lowest BCUT2D eigenvalue weighted by Crippen LogP contribution is -2.09. The number of aldehydes is 1. The summed E-state index contributed by atoms with van der Waals surface area (Å²) in [6, 6.07) is 2.19. The maximum atomic E-state index is 10.3. The number of aryl methyl sites for hydroxylation is 2. The van der Waals surface area contributed by atoms with Crippen LogP contribution in [0.2, 0.25) is 0 Å². The van der Waals surface area contributed by atoms with Crippen molar-refractivity contribution in [3.63, 3.8) is 0 Å². The van der Waals surface area contributed by atoms with Gasteiger partial charge in [-0.3, -0.25) is 4.68 Å². The summed E-state index contributed by atoms with van der Waals surface area (Å²) in [5, 5.41) is 4.29. The van der Waals surface area contributed by atoms with Crippen molar-refractivity contribution in [3.8, 4) is 0 Å². The molecule has 0 bridgehead atoms. The minimum atomic E-state index is 0.177. The molecule has 1 unspecified atom stereocenters. The minimum absolute atomic E-state index is 0.177. The van der Waals surface area contributed by atoms with Crippen LogP contribution < -0.4 is 0 Å². The molecule has 0 N–H and O–H groups in total. The average Bonchev–Trinajstić information content (AvgIpc) is 2.30. The maximum absolute atomic E-state index is 10.3. The molecular formula is C9H14N2O. The number of carbonyl (C=O) groups excluding carboxylic acids is 1. The maximum Gasteiger partial charge on any atom is 0.122 e. The van der Waals surface area contributed by atoms with E-state index < -0.39 is 0 Å². The van der Waals surface area contributed by atoms with Gasteiger partial charge in [0.05, 0.1) is 11.7 Å². The van der Waals surface area contributed by atoms with Gasteiger partial charge in [0.15, 0.2) is 0 Å². The average molecular weight is 166 g/mol. The molecule has 0 aliphatic rings. The topological polar surface area (TPSA) is 34.9 Å². The molecule has 0 spiro atoms. The lowest BCUT2D eigenvalue weighted by molar-refractivity contribution is -0.108. The van der Waals surface area contributed by atoms with Gasteiger partial charge < -0.3 is 4.79 Å². The van der Waals surface area contributed by atoms with Gasteiger partial charge in [-0.2, -0.15) is 5.10 Å². The van der Waals surface area contributed by atoms with E-state index in [1.807, 2.05) is 31.5 Å². The molecule has 1 aromatic heterocycles. The van der Waals surface area contributed by atoms with E-state index in [0.29, 0.717) is 6.42 Å². The second-order valence-electron chi connectivity index (χ2n) is 3.12. The van der Waals surface area contributed by atoms with Crippen LogP contribution in [0.15, 0.2) is 6.07 Å². The summed E-state index contributed by atoms with van der Waals surface area (Å²) in [5.74, 6) is 0. The Morgan fingerprint density at radius 2 is 2.33 bits per heavy atom. The van der Waals surface area contributed by atoms with Gasteiger partial charge in [0.25, 0.3) is 0 Å². The summed E-state index contributed by atoms with van der Waals surface area (Å²) >= 11 is 0. The van der Waals surface area contributed by atoms with Gasteiger partial charge in [0.2, 0.25) is 0 Å². The lowest BCUT2D eigenvalue weighted by Gasteiger charge is -2.10. The summed E-state index contributed by atoms with van der Waals surface area (Å²) in [6.07, 6.45) is 1.46. The molecule has 66 valence electrons. The fourth-order valence-electron chi connectivity index (χ4n) is 1.33. The molecular weight excluding hydrogens is 152 g/mol. The molecule has 3 nitrogen and oxygen atoms in total. The molecule has 0 amide bonds. The molecule has 0 radical (unpaired) electrons. The van der Waals surface area contributed by atoms with Gasteiger partial charge in [0.1, 0.15) is 6.29 Å². The third-order valence-corrected chi connectivity index (χ3v) is 1.90. The standard InChI is InChI=1S/C9H14N2O/c1-7-6-9(3)11(10-7)8(2)4-5-12/h5-6,8H,4H2,1-3H3. The van der Waals surface area contributed by atoms with Crippen LogP contribution in [0.25, 0.3) is 0 Å². The van der Waals surface area contributed by atoms with Crippen LogP contribution in [0.1, 0.15) is 30.8 Å². The quantitative estimate of drug-likeness (QED) is 0.640. The van der Waals surface area contributed by atoms with E-state index in [1.165, 1.54) is 0 Å². The highest BCUT2D eigenvalue weighted by Gasteiger charge is 2.07. The van der Waals surface area contributed by atoms with Gasteiger partial charge in [-0.05, 0) is 26.8 Å². The molecule has 3 heteroatoms. The highest BCUT2D eigenvalue weighted by Crippen LogP contribution is 2.12. The minimum Gasteiger partial charge on any atom is -0.303 e. The highest BCUT2D eigenvalue weighted by atomic mass is 16.1. The van der Waals surface area contributed by atoms with Crippen LogP contribution in [-0.4, -0.2) is 16.1 Å². The third kappa shape index (κ3) is 1.72. The molecule has 0 fully saturated rings. The van der Waals surface area contributed by atoms with Crippen molar-refractivity contribution in [2.75, 3.05) is 0 Å². The summed E-state index contributed by atoms with van der Waals surface area (Å²) in [7, 11) is 0. The number of hydrogen-bond acceptors (Lipinski definition) is 2. The second kappa shape index (κ2) is 3.52. The van der Waals surface area contributed by atoms with Crippen LogP contribution >= 0.6 is 0 Å². The Hall–Kier alpha value is -1.12. The number of hydrogen-bond donors (Lipinski definition) is 0. The van der Waals surface area contributed by atoms with Gasteiger partial charge in [0, 0.05) is 12.1 Å². The largest absolute Gasteiger partial charge is 0.303 e. The number of aromatic nitrogens is 2. The Bertz CT molecular complexity index is 278. The molecule has 12 heavy (non-hydrogen) atoms. The van der Waals surface area contributed by atoms with E-state index in [9.17, 15) is 4.79 Å². The molecule has 1 rings (SSSR count). The highest BCUT2D eigenvalue weighted by molar-refractivity contribution is 5.49. The van der Waals surface area contributed by atoms with Crippen molar-refractivity contribution in [3.05, 3.63) is 17.5 Å². The van der Waals surface area contributed by atoms with Crippen molar-refractivity contribution in [2.24, 2.45) is 0 Å². The number of rotatable bonds is 3. The van der Waals surface area contributed by atoms with E-state index in [1.54, 1.807) is 0 Å². The van der Waals surface area contributed by atoms with Crippen LogP contribution in [-0.2, 0) is 4.79 Å². The Labute approximate surface area is 72.4 Å². The van der Waals surface area contributed by atoms with Crippen molar-refractivity contribution in [1.29, 1.82) is 0 Å². The summed E-state index contributed by atoms with van der Waals surface area (Å²) in [6.45, 7) is 5.95. The van der Waals surface area contributed by atoms with E-state index >= 15 is 0 Å². The van der Waals surface area contributed by atoms with Crippen molar-refractivity contribution in [1.82, 2.24) is 9.78 Å². The molecule has 0 saturated heterocycles. The Kier molecular flexibility index (Phi) is 2.63.